The number of hydrogen-bond donors (Lipinski definition) is 1. The molecule has 0 spiro atoms. The monoisotopic (exact) mass is 323 g/mol. The van der Waals surface area contributed by atoms with Crippen LogP contribution < -0.4 is 0 Å². The number of ketones is 1. The fourth-order valence-electron chi connectivity index (χ4n) is 2.83. The first-order valence-corrected chi connectivity index (χ1v) is 8.31. The SMILES string of the molecule is Cc1cc(C(=O)CCC(=O)N2CCCC(C(=O)O)C2)c(C)s1. The van der Waals surface area contributed by atoms with Crippen LogP contribution in [0.3, 0.4) is 0 Å². The minimum absolute atomic E-state index is 0.0120. The van der Waals surface area contributed by atoms with E-state index in [9.17, 15) is 14.4 Å². The maximum absolute atomic E-state index is 12.2. The van der Waals surface area contributed by atoms with Crippen LogP contribution in [0.5, 0.6) is 0 Å². The molecule has 6 heteroatoms. The highest BCUT2D eigenvalue weighted by Gasteiger charge is 2.28. The normalized spacial score (nSPS) is 18.3. The number of piperidine rings is 1. The Kier molecular flexibility index (Phi) is 5.34. The molecule has 1 unspecified atom stereocenters. The van der Waals surface area contributed by atoms with E-state index in [0.717, 1.165) is 9.75 Å². The Hall–Kier alpha value is -1.69. The largest absolute Gasteiger partial charge is 0.481 e. The highest BCUT2D eigenvalue weighted by atomic mass is 32.1. The average Bonchev–Trinajstić information content (AvgIpc) is 2.83. The van der Waals surface area contributed by atoms with Crippen molar-refractivity contribution in [1.82, 2.24) is 4.90 Å². The number of hydrogen-bond acceptors (Lipinski definition) is 4. The molecule has 0 bridgehead atoms. The highest BCUT2D eigenvalue weighted by Crippen LogP contribution is 2.23. The van der Waals surface area contributed by atoms with Crippen molar-refractivity contribution in [1.29, 1.82) is 0 Å². The number of rotatable bonds is 5. The van der Waals surface area contributed by atoms with E-state index in [-0.39, 0.29) is 31.1 Å². The molecule has 1 aromatic rings. The van der Waals surface area contributed by atoms with E-state index in [1.807, 2.05) is 19.9 Å². The molecule has 1 atom stereocenters. The van der Waals surface area contributed by atoms with Gasteiger partial charge in [-0.25, -0.2) is 0 Å². The third kappa shape index (κ3) is 3.94. The third-order valence-electron chi connectivity index (χ3n) is 4.03. The molecule has 0 radical (unpaired) electrons. The van der Waals surface area contributed by atoms with Crippen LogP contribution in [0.15, 0.2) is 6.07 Å². The first-order valence-electron chi connectivity index (χ1n) is 7.49. The van der Waals surface area contributed by atoms with Gasteiger partial charge in [0.15, 0.2) is 5.78 Å². The number of carbonyl (C=O) groups excluding carboxylic acids is 2. The van der Waals surface area contributed by atoms with Crippen molar-refractivity contribution in [3.05, 3.63) is 21.4 Å². The summed E-state index contributed by atoms with van der Waals surface area (Å²) in [7, 11) is 0. The van der Waals surface area contributed by atoms with Gasteiger partial charge in [0.1, 0.15) is 0 Å². The van der Waals surface area contributed by atoms with E-state index in [4.69, 9.17) is 5.11 Å². The highest BCUT2D eigenvalue weighted by molar-refractivity contribution is 7.12. The number of carbonyl (C=O) groups is 3. The summed E-state index contributed by atoms with van der Waals surface area (Å²) in [5, 5.41) is 9.05. The molecular formula is C16H21NO4S. The molecule has 0 saturated carbocycles. The van der Waals surface area contributed by atoms with Crippen LogP contribution in [0, 0.1) is 19.8 Å². The zero-order valence-corrected chi connectivity index (χ0v) is 13.7. The van der Waals surface area contributed by atoms with Crippen LogP contribution in [-0.4, -0.2) is 40.8 Å². The lowest BCUT2D eigenvalue weighted by Gasteiger charge is -2.30. The lowest BCUT2D eigenvalue weighted by atomic mass is 9.97. The summed E-state index contributed by atoms with van der Waals surface area (Å²) in [6.45, 7) is 4.72. The van der Waals surface area contributed by atoms with Gasteiger partial charge in [0.2, 0.25) is 5.91 Å². The van der Waals surface area contributed by atoms with Crippen LogP contribution >= 0.6 is 11.3 Å². The minimum Gasteiger partial charge on any atom is -0.481 e. The standard InChI is InChI=1S/C16H21NO4S/c1-10-8-13(11(2)22-10)14(18)5-6-15(19)17-7-3-4-12(9-17)16(20)21/h8,12H,3-7,9H2,1-2H3,(H,20,21). The molecule has 1 fully saturated rings. The average molecular weight is 323 g/mol. The Morgan fingerprint density at radius 2 is 2.05 bits per heavy atom. The van der Waals surface area contributed by atoms with Gasteiger partial charge in [-0.15, -0.1) is 11.3 Å². The number of amides is 1. The number of aryl methyl sites for hydroxylation is 2. The van der Waals surface area contributed by atoms with E-state index in [1.165, 1.54) is 0 Å². The van der Waals surface area contributed by atoms with Crippen LogP contribution in [0.4, 0.5) is 0 Å². The number of carboxylic acid groups (broad SMARTS) is 1. The molecule has 2 rings (SSSR count). The molecule has 1 saturated heterocycles. The molecule has 0 aromatic carbocycles. The van der Waals surface area contributed by atoms with Crippen molar-refractivity contribution in [2.45, 2.75) is 39.5 Å². The molecule has 0 aliphatic carbocycles. The summed E-state index contributed by atoms with van der Waals surface area (Å²) in [5.74, 6) is -1.46. The first kappa shape index (κ1) is 16.7. The van der Waals surface area contributed by atoms with E-state index in [1.54, 1.807) is 16.2 Å². The van der Waals surface area contributed by atoms with Crippen molar-refractivity contribution in [2.24, 2.45) is 5.92 Å². The van der Waals surface area contributed by atoms with Crippen LogP contribution in [-0.2, 0) is 9.59 Å². The van der Waals surface area contributed by atoms with Gasteiger partial charge in [-0.1, -0.05) is 0 Å². The second-order valence-electron chi connectivity index (χ2n) is 5.77. The maximum atomic E-state index is 12.2. The summed E-state index contributed by atoms with van der Waals surface area (Å²) in [5.41, 5.74) is 0.706. The Bertz CT molecular complexity index is 593. The molecule has 1 aliphatic rings. The lowest BCUT2D eigenvalue weighted by Crippen LogP contribution is -2.42. The zero-order chi connectivity index (χ0) is 16.3. The molecule has 5 nitrogen and oxygen atoms in total. The fourth-order valence-corrected chi connectivity index (χ4v) is 3.77. The van der Waals surface area contributed by atoms with Gasteiger partial charge in [0.05, 0.1) is 5.92 Å². The summed E-state index contributed by atoms with van der Waals surface area (Å²) in [6, 6.07) is 1.87. The lowest BCUT2D eigenvalue weighted by molar-refractivity contribution is -0.145. The number of aliphatic carboxylic acids is 1. The minimum atomic E-state index is -0.849. The second kappa shape index (κ2) is 7.05. The quantitative estimate of drug-likeness (QED) is 0.845. The van der Waals surface area contributed by atoms with Crippen molar-refractivity contribution in [3.63, 3.8) is 0 Å². The predicted molar refractivity (Wildman–Crippen MR) is 84.3 cm³/mol. The van der Waals surface area contributed by atoms with E-state index >= 15 is 0 Å². The number of thiophene rings is 1. The van der Waals surface area contributed by atoms with Gasteiger partial charge in [-0.05, 0) is 32.8 Å². The summed E-state index contributed by atoms with van der Waals surface area (Å²) in [6.07, 6.45) is 1.66. The smallest absolute Gasteiger partial charge is 0.308 e. The van der Waals surface area contributed by atoms with Gasteiger partial charge in [0.25, 0.3) is 0 Å². The molecule has 120 valence electrons. The molecule has 1 amide bonds. The van der Waals surface area contributed by atoms with Crippen molar-refractivity contribution >= 4 is 29.0 Å². The summed E-state index contributed by atoms with van der Waals surface area (Å²) in [4.78, 5) is 39.0. The fraction of sp³-hybridized carbons (Fsp3) is 0.562. The Balaban J connectivity index is 1.88. The number of nitrogens with zero attached hydrogens (tertiary/aromatic N) is 1. The van der Waals surface area contributed by atoms with Gasteiger partial charge in [-0.3, -0.25) is 14.4 Å². The Morgan fingerprint density at radius 3 is 2.64 bits per heavy atom. The van der Waals surface area contributed by atoms with Crippen LogP contribution in [0.1, 0.15) is 45.8 Å². The first-order chi connectivity index (χ1) is 10.4. The second-order valence-corrected chi connectivity index (χ2v) is 7.23. The van der Waals surface area contributed by atoms with Crippen LogP contribution in [0.25, 0.3) is 0 Å². The van der Waals surface area contributed by atoms with Crippen molar-refractivity contribution in [2.75, 3.05) is 13.1 Å². The van der Waals surface area contributed by atoms with Crippen molar-refractivity contribution in [3.8, 4) is 0 Å². The van der Waals surface area contributed by atoms with Crippen molar-refractivity contribution < 1.29 is 19.5 Å². The van der Waals surface area contributed by atoms with Gasteiger partial charge >= 0.3 is 5.97 Å². The number of likely N-dealkylation sites (tertiary alicyclic amines) is 1. The van der Waals surface area contributed by atoms with Gasteiger partial charge < -0.3 is 10.0 Å². The van der Waals surface area contributed by atoms with E-state index in [0.29, 0.717) is 24.9 Å². The Morgan fingerprint density at radius 1 is 1.32 bits per heavy atom. The Labute approximate surface area is 133 Å². The molecule has 1 aliphatic heterocycles. The zero-order valence-electron chi connectivity index (χ0n) is 12.9. The van der Waals surface area contributed by atoms with E-state index in [2.05, 4.69) is 0 Å². The molecule has 1 N–H and O–H groups in total. The predicted octanol–water partition coefficient (Wildman–Crippen LogP) is 2.65. The summed E-state index contributed by atoms with van der Waals surface area (Å²) < 4.78 is 0. The number of carboxylic acids is 1. The molecule has 1 aromatic heterocycles. The molecule has 22 heavy (non-hydrogen) atoms. The van der Waals surface area contributed by atoms with E-state index < -0.39 is 11.9 Å². The molecular weight excluding hydrogens is 302 g/mol. The third-order valence-corrected chi connectivity index (χ3v) is 5.00. The van der Waals surface area contributed by atoms with Crippen LogP contribution in [0.2, 0.25) is 0 Å². The maximum Gasteiger partial charge on any atom is 0.308 e. The van der Waals surface area contributed by atoms with Gasteiger partial charge in [-0.2, -0.15) is 0 Å². The number of Topliss-reactive ketones (excluding diaryl/α,β-unsaturated/α-hetero) is 1. The van der Waals surface area contributed by atoms with Gasteiger partial charge in [0, 0.05) is 41.2 Å². The topological polar surface area (TPSA) is 74.7 Å². The molecule has 2 heterocycles. The summed E-state index contributed by atoms with van der Waals surface area (Å²) >= 11 is 1.58.